The van der Waals surface area contributed by atoms with Crippen LogP contribution in [0, 0.1) is 11.3 Å². The minimum absolute atomic E-state index is 0.165. The third kappa shape index (κ3) is 10.2. The second kappa shape index (κ2) is 7.64. The molecule has 0 heterocycles. The lowest BCUT2D eigenvalue weighted by Crippen LogP contribution is -2.37. The van der Waals surface area contributed by atoms with E-state index in [1.807, 2.05) is 25.8 Å². The summed E-state index contributed by atoms with van der Waals surface area (Å²) in [5.74, 6) is 0.165. The van der Waals surface area contributed by atoms with E-state index < -0.39 is 9.84 Å². The molecular weight excluding hydrogens is 238 g/mol. The second-order valence-corrected chi connectivity index (χ2v) is 6.98. The minimum atomic E-state index is -2.90. The van der Waals surface area contributed by atoms with E-state index in [1.165, 1.54) is 6.26 Å². The highest BCUT2D eigenvalue weighted by atomic mass is 32.2. The predicted octanol–water partition coefficient (Wildman–Crippen LogP) is 0.243. The zero-order valence-corrected chi connectivity index (χ0v) is 11.9. The molecule has 0 radical (unpaired) electrons. The van der Waals surface area contributed by atoms with Gasteiger partial charge in [-0.25, -0.2) is 8.42 Å². The lowest BCUT2D eigenvalue weighted by Gasteiger charge is -2.19. The van der Waals surface area contributed by atoms with E-state index in [0.717, 1.165) is 0 Å². The lowest BCUT2D eigenvalue weighted by molar-refractivity contribution is 0.330. The Labute approximate surface area is 105 Å². The molecule has 1 N–H and O–H groups in total. The zero-order chi connectivity index (χ0) is 13.5. The molecular formula is C11H23N3O2S. The summed E-state index contributed by atoms with van der Waals surface area (Å²) in [6.45, 7) is 5.22. The molecule has 1 atom stereocenters. The fraction of sp³-hybridized carbons (Fsp3) is 0.909. The van der Waals surface area contributed by atoms with Gasteiger partial charge in [-0.2, -0.15) is 5.26 Å². The Hall–Kier alpha value is -0.640. The van der Waals surface area contributed by atoms with Crippen LogP contribution in [0.15, 0.2) is 0 Å². The minimum Gasteiger partial charge on any atom is -0.305 e. The van der Waals surface area contributed by atoms with Gasteiger partial charge in [0.05, 0.1) is 17.9 Å². The number of hydrogen-bond acceptors (Lipinski definition) is 5. The van der Waals surface area contributed by atoms with Crippen LogP contribution in [0.4, 0.5) is 0 Å². The monoisotopic (exact) mass is 261 g/mol. The Bertz CT molecular complexity index is 346. The predicted molar refractivity (Wildman–Crippen MR) is 69.5 cm³/mol. The molecule has 0 aliphatic rings. The molecule has 17 heavy (non-hydrogen) atoms. The van der Waals surface area contributed by atoms with Crippen LogP contribution in [0.1, 0.15) is 20.3 Å². The molecule has 0 aliphatic carbocycles. The molecule has 0 saturated carbocycles. The normalized spacial score (nSPS) is 13.9. The number of sulfone groups is 1. The van der Waals surface area contributed by atoms with Gasteiger partial charge < -0.3 is 4.90 Å². The fourth-order valence-electron chi connectivity index (χ4n) is 1.37. The van der Waals surface area contributed by atoms with Gasteiger partial charge in [0.1, 0.15) is 9.84 Å². The van der Waals surface area contributed by atoms with Crippen LogP contribution in [0.25, 0.3) is 0 Å². The average Bonchev–Trinajstić information content (AvgIpc) is 2.19. The second-order valence-electron chi connectivity index (χ2n) is 4.72. The molecule has 0 aromatic heterocycles. The van der Waals surface area contributed by atoms with Crippen LogP contribution < -0.4 is 5.32 Å². The summed E-state index contributed by atoms with van der Waals surface area (Å²) in [7, 11) is -1.03. The number of nitrogens with zero attached hydrogens (tertiary/aromatic N) is 2. The van der Waals surface area contributed by atoms with E-state index in [0.29, 0.717) is 19.5 Å². The Balaban J connectivity index is 3.90. The van der Waals surface area contributed by atoms with Crippen LogP contribution in [0.2, 0.25) is 0 Å². The largest absolute Gasteiger partial charge is 0.305 e. The molecule has 0 amide bonds. The van der Waals surface area contributed by atoms with Gasteiger partial charge in [-0.15, -0.1) is 0 Å². The third-order valence-corrected chi connectivity index (χ3v) is 3.26. The van der Waals surface area contributed by atoms with Gasteiger partial charge in [0.15, 0.2) is 0 Å². The first kappa shape index (κ1) is 16.4. The Kier molecular flexibility index (Phi) is 7.35. The molecule has 5 nitrogen and oxygen atoms in total. The molecule has 0 saturated heterocycles. The van der Waals surface area contributed by atoms with E-state index >= 15 is 0 Å². The van der Waals surface area contributed by atoms with E-state index in [1.54, 1.807) is 0 Å². The summed E-state index contributed by atoms with van der Waals surface area (Å²) in [5, 5.41) is 12.1. The average molecular weight is 261 g/mol. The van der Waals surface area contributed by atoms with Gasteiger partial charge in [-0.3, -0.25) is 5.32 Å². The number of rotatable bonds is 8. The van der Waals surface area contributed by atoms with Crippen molar-refractivity contribution in [2.75, 3.05) is 32.1 Å². The van der Waals surface area contributed by atoms with Crippen LogP contribution >= 0.6 is 0 Å². The maximum absolute atomic E-state index is 11.0. The molecule has 0 aromatic carbocycles. The molecule has 0 aromatic rings. The van der Waals surface area contributed by atoms with Crippen molar-refractivity contribution in [3.8, 4) is 6.07 Å². The van der Waals surface area contributed by atoms with Crippen LogP contribution in [-0.4, -0.2) is 57.5 Å². The summed E-state index contributed by atoms with van der Waals surface area (Å²) in [5.41, 5.74) is 0. The smallest absolute Gasteiger partial charge is 0.148 e. The molecule has 100 valence electrons. The van der Waals surface area contributed by atoms with Crippen LogP contribution in [-0.2, 0) is 9.84 Å². The van der Waals surface area contributed by atoms with Gasteiger partial charge in [-0.1, -0.05) is 0 Å². The highest BCUT2D eigenvalue weighted by molar-refractivity contribution is 7.90. The first-order valence-corrected chi connectivity index (χ1v) is 7.82. The molecule has 0 bridgehead atoms. The molecule has 0 spiro atoms. The van der Waals surface area contributed by atoms with Crippen molar-refractivity contribution in [3.05, 3.63) is 0 Å². The summed E-state index contributed by atoms with van der Waals surface area (Å²) < 4.78 is 22.0. The van der Waals surface area contributed by atoms with Crippen molar-refractivity contribution in [1.29, 1.82) is 5.26 Å². The van der Waals surface area contributed by atoms with Crippen molar-refractivity contribution in [3.63, 3.8) is 0 Å². The SMILES string of the molecule is CC(C)NC(C#N)CCN(C)CCS(C)(=O)=O. The van der Waals surface area contributed by atoms with Gasteiger partial charge in [-0.05, 0) is 27.3 Å². The third-order valence-electron chi connectivity index (χ3n) is 2.33. The Morgan fingerprint density at radius 3 is 2.35 bits per heavy atom. The summed E-state index contributed by atoms with van der Waals surface area (Å²) in [6.07, 6.45) is 1.94. The summed E-state index contributed by atoms with van der Waals surface area (Å²) in [6, 6.07) is 2.31. The summed E-state index contributed by atoms with van der Waals surface area (Å²) in [4.78, 5) is 1.94. The molecule has 0 rings (SSSR count). The number of nitrogens with one attached hydrogen (secondary N) is 1. The highest BCUT2D eigenvalue weighted by Crippen LogP contribution is 1.96. The zero-order valence-electron chi connectivity index (χ0n) is 11.1. The van der Waals surface area contributed by atoms with Crippen molar-refractivity contribution in [2.45, 2.75) is 32.4 Å². The van der Waals surface area contributed by atoms with Crippen molar-refractivity contribution >= 4 is 9.84 Å². The summed E-state index contributed by atoms with van der Waals surface area (Å²) >= 11 is 0. The molecule has 6 heteroatoms. The molecule has 0 aliphatic heterocycles. The van der Waals surface area contributed by atoms with Gasteiger partial charge >= 0.3 is 0 Å². The maximum atomic E-state index is 11.0. The van der Waals surface area contributed by atoms with Crippen molar-refractivity contribution in [1.82, 2.24) is 10.2 Å². The van der Waals surface area contributed by atoms with Gasteiger partial charge in [0.25, 0.3) is 0 Å². The Morgan fingerprint density at radius 1 is 1.35 bits per heavy atom. The van der Waals surface area contributed by atoms with E-state index in [4.69, 9.17) is 5.26 Å². The molecule has 1 unspecified atom stereocenters. The fourth-order valence-corrected chi connectivity index (χ4v) is 2.01. The highest BCUT2D eigenvalue weighted by Gasteiger charge is 2.11. The van der Waals surface area contributed by atoms with Crippen LogP contribution in [0.5, 0.6) is 0 Å². The van der Waals surface area contributed by atoms with Crippen molar-refractivity contribution in [2.24, 2.45) is 0 Å². The maximum Gasteiger partial charge on any atom is 0.148 e. The first-order valence-electron chi connectivity index (χ1n) is 5.76. The van der Waals surface area contributed by atoms with E-state index in [9.17, 15) is 8.42 Å². The van der Waals surface area contributed by atoms with Gasteiger partial charge in [0.2, 0.25) is 0 Å². The first-order chi connectivity index (χ1) is 7.74. The number of hydrogen-bond donors (Lipinski definition) is 1. The van der Waals surface area contributed by atoms with Crippen LogP contribution in [0.3, 0.4) is 0 Å². The van der Waals surface area contributed by atoms with E-state index in [2.05, 4.69) is 11.4 Å². The van der Waals surface area contributed by atoms with Gasteiger partial charge in [0, 0.05) is 25.4 Å². The lowest BCUT2D eigenvalue weighted by atomic mass is 10.2. The Morgan fingerprint density at radius 2 is 1.94 bits per heavy atom. The molecule has 0 fully saturated rings. The standard InChI is InChI=1S/C11H23N3O2S/c1-10(2)13-11(9-12)5-6-14(3)7-8-17(4,15)16/h10-11,13H,5-8H2,1-4H3. The number of nitriles is 1. The quantitative estimate of drug-likeness (QED) is 0.678. The van der Waals surface area contributed by atoms with Crippen molar-refractivity contribution < 1.29 is 8.42 Å². The topological polar surface area (TPSA) is 73.2 Å². The van der Waals surface area contributed by atoms with E-state index in [-0.39, 0.29) is 17.8 Å².